The molecule has 7 nitrogen and oxygen atoms in total. The molecule has 0 unspecified atom stereocenters. The summed E-state index contributed by atoms with van der Waals surface area (Å²) >= 11 is 0. The first-order chi connectivity index (χ1) is 15.0. The van der Waals surface area contributed by atoms with Crippen molar-refractivity contribution in [1.82, 2.24) is 4.90 Å². The molecule has 10 heteroatoms. The van der Waals surface area contributed by atoms with E-state index < -0.39 is 12.4 Å². The minimum Gasteiger partial charge on any atom is -0.406 e. The first-order valence-electron chi connectivity index (χ1n) is 10.1. The lowest BCUT2D eigenvalue weighted by Gasteiger charge is -2.20. The molecule has 174 valence electrons. The topological polar surface area (TPSA) is 82.7 Å². The summed E-state index contributed by atoms with van der Waals surface area (Å²) in [6.07, 6.45) is -4.78. The van der Waals surface area contributed by atoms with Crippen molar-refractivity contribution in [3.63, 3.8) is 0 Å². The third-order valence-corrected chi connectivity index (χ3v) is 4.79. The van der Waals surface area contributed by atoms with Gasteiger partial charge in [-0.2, -0.15) is 0 Å². The molecule has 2 aromatic rings. The second kappa shape index (κ2) is 10.9. The van der Waals surface area contributed by atoms with Gasteiger partial charge >= 0.3 is 12.4 Å². The Labute approximate surface area is 184 Å². The second-order valence-electron chi connectivity index (χ2n) is 7.09. The van der Waals surface area contributed by atoms with E-state index in [1.807, 2.05) is 25.7 Å². The van der Waals surface area contributed by atoms with E-state index in [2.05, 4.69) is 20.7 Å². The van der Waals surface area contributed by atoms with Crippen molar-refractivity contribution in [2.45, 2.75) is 34.1 Å². The lowest BCUT2D eigenvalue weighted by Crippen LogP contribution is -2.33. The smallest absolute Gasteiger partial charge is 0.406 e. The van der Waals surface area contributed by atoms with E-state index in [-0.39, 0.29) is 23.9 Å². The lowest BCUT2D eigenvalue weighted by molar-refractivity contribution is -0.274. The van der Waals surface area contributed by atoms with Gasteiger partial charge in [0.05, 0.1) is 6.54 Å². The van der Waals surface area contributed by atoms with Gasteiger partial charge in [0.1, 0.15) is 5.75 Å². The van der Waals surface area contributed by atoms with Crippen LogP contribution < -0.4 is 20.7 Å². The van der Waals surface area contributed by atoms with Crippen LogP contribution in [0.25, 0.3) is 0 Å². The van der Waals surface area contributed by atoms with Crippen LogP contribution in [0.4, 0.5) is 35.0 Å². The molecule has 0 aliphatic heterocycles. The molecular weight excluding hydrogens is 425 g/mol. The number of aryl methyl sites for hydroxylation is 1. The van der Waals surface area contributed by atoms with Crippen LogP contribution in [0.1, 0.15) is 25.0 Å². The van der Waals surface area contributed by atoms with Crippen molar-refractivity contribution in [3.05, 3.63) is 47.5 Å². The molecule has 0 aromatic heterocycles. The molecule has 0 aliphatic carbocycles. The van der Waals surface area contributed by atoms with Gasteiger partial charge in [0.2, 0.25) is 5.91 Å². The Bertz CT molecular complexity index is 943. The van der Waals surface area contributed by atoms with Crippen LogP contribution in [0.2, 0.25) is 0 Å². The number of alkyl halides is 3. The maximum atomic E-state index is 12.4. The third kappa shape index (κ3) is 7.45. The number of carbonyl (C=O) groups excluding carboxylic acids is 2. The number of hydrogen-bond donors (Lipinski definition) is 3. The summed E-state index contributed by atoms with van der Waals surface area (Å²) in [4.78, 5) is 26.7. The van der Waals surface area contributed by atoms with Gasteiger partial charge in [-0.05, 0) is 68.4 Å². The zero-order valence-corrected chi connectivity index (χ0v) is 18.4. The minimum atomic E-state index is -4.78. The lowest BCUT2D eigenvalue weighted by atomic mass is 10.1. The number of urea groups is 1. The predicted molar refractivity (Wildman–Crippen MR) is 118 cm³/mol. The van der Waals surface area contributed by atoms with Crippen molar-refractivity contribution in [2.75, 3.05) is 35.6 Å². The SMILES string of the molecule is CCN(CC)CC(=O)Nc1c(C)ccc(NC(=O)Nc2ccc(OC(F)(F)F)cc2)c1C. The van der Waals surface area contributed by atoms with E-state index in [1.165, 1.54) is 12.1 Å². The summed E-state index contributed by atoms with van der Waals surface area (Å²) in [7, 11) is 0. The monoisotopic (exact) mass is 452 g/mol. The second-order valence-corrected chi connectivity index (χ2v) is 7.09. The number of anilines is 3. The number of rotatable bonds is 8. The Kier molecular flexibility index (Phi) is 8.48. The zero-order chi connectivity index (χ0) is 23.9. The molecule has 0 radical (unpaired) electrons. The van der Waals surface area contributed by atoms with E-state index >= 15 is 0 Å². The summed E-state index contributed by atoms with van der Waals surface area (Å²) in [6, 6.07) is 7.70. The highest BCUT2D eigenvalue weighted by Gasteiger charge is 2.31. The van der Waals surface area contributed by atoms with Crippen LogP contribution in [0.5, 0.6) is 5.75 Å². The van der Waals surface area contributed by atoms with E-state index in [1.54, 1.807) is 19.1 Å². The average Bonchev–Trinajstić information content (AvgIpc) is 2.72. The highest BCUT2D eigenvalue weighted by Crippen LogP contribution is 2.28. The van der Waals surface area contributed by atoms with Crippen LogP contribution in [0, 0.1) is 13.8 Å². The fourth-order valence-electron chi connectivity index (χ4n) is 3.03. The van der Waals surface area contributed by atoms with Gasteiger partial charge in [0.25, 0.3) is 0 Å². The van der Waals surface area contributed by atoms with Gasteiger partial charge in [-0.1, -0.05) is 19.9 Å². The highest BCUT2D eigenvalue weighted by molar-refractivity contribution is 6.02. The Morgan fingerprint density at radius 3 is 2.12 bits per heavy atom. The van der Waals surface area contributed by atoms with Crippen molar-refractivity contribution in [3.8, 4) is 5.75 Å². The Morgan fingerprint density at radius 1 is 0.938 bits per heavy atom. The van der Waals surface area contributed by atoms with Gasteiger partial charge in [-0.25, -0.2) is 4.79 Å². The van der Waals surface area contributed by atoms with Crippen molar-refractivity contribution in [2.24, 2.45) is 0 Å². The Balaban J connectivity index is 2.05. The van der Waals surface area contributed by atoms with Crippen LogP contribution >= 0.6 is 0 Å². The minimum absolute atomic E-state index is 0.150. The fraction of sp³-hybridized carbons (Fsp3) is 0.364. The molecule has 0 aliphatic rings. The van der Waals surface area contributed by atoms with Gasteiger partial charge in [-0.15, -0.1) is 13.2 Å². The molecule has 0 atom stereocenters. The van der Waals surface area contributed by atoms with E-state index in [4.69, 9.17) is 0 Å². The first kappa shape index (κ1) is 25.0. The van der Waals surface area contributed by atoms with E-state index in [9.17, 15) is 22.8 Å². The molecule has 32 heavy (non-hydrogen) atoms. The first-order valence-corrected chi connectivity index (χ1v) is 10.1. The van der Waals surface area contributed by atoms with Crippen LogP contribution in [0.3, 0.4) is 0 Å². The van der Waals surface area contributed by atoms with Crippen LogP contribution in [-0.2, 0) is 4.79 Å². The van der Waals surface area contributed by atoms with Gasteiger partial charge < -0.3 is 20.7 Å². The summed E-state index contributed by atoms with van der Waals surface area (Å²) in [5, 5.41) is 8.14. The zero-order valence-electron chi connectivity index (χ0n) is 18.4. The van der Waals surface area contributed by atoms with Gasteiger partial charge in [0, 0.05) is 17.1 Å². The van der Waals surface area contributed by atoms with Crippen molar-refractivity contribution < 1.29 is 27.5 Å². The number of halogens is 3. The fourth-order valence-corrected chi connectivity index (χ4v) is 3.03. The molecule has 2 rings (SSSR count). The van der Waals surface area contributed by atoms with Crippen LogP contribution in [-0.4, -0.2) is 42.8 Å². The third-order valence-electron chi connectivity index (χ3n) is 4.79. The number of ether oxygens (including phenoxy) is 1. The van der Waals surface area contributed by atoms with Crippen LogP contribution in [0.15, 0.2) is 36.4 Å². The summed E-state index contributed by atoms with van der Waals surface area (Å²) < 4.78 is 40.5. The quantitative estimate of drug-likeness (QED) is 0.519. The predicted octanol–water partition coefficient (Wildman–Crippen LogP) is 5.13. The molecular formula is C22H27F3N4O3. The summed E-state index contributed by atoms with van der Waals surface area (Å²) in [6.45, 7) is 9.37. The van der Waals surface area contributed by atoms with Crippen molar-refractivity contribution >= 4 is 29.0 Å². The highest BCUT2D eigenvalue weighted by atomic mass is 19.4. The number of amides is 3. The molecule has 0 saturated heterocycles. The number of hydrogen-bond acceptors (Lipinski definition) is 4. The largest absolute Gasteiger partial charge is 0.573 e. The number of benzene rings is 2. The molecule has 3 N–H and O–H groups in total. The maximum absolute atomic E-state index is 12.4. The van der Waals surface area contributed by atoms with E-state index in [0.717, 1.165) is 30.8 Å². The summed E-state index contributed by atoms with van der Waals surface area (Å²) in [5.74, 6) is -0.536. The average molecular weight is 452 g/mol. The normalized spacial score (nSPS) is 11.2. The molecule has 0 saturated carbocycles. The molecule has 0 heterocycles. The number of nitrogens with one attached hydrogen (secondary N) is 3. The van der Waals surface area contributed by atoms with E-state index in [0.29, 0.717) is 16.9 Å². The number of likely N-dealkylation sites (N-methyl/N-ethyl adjacent to an activating group) is 1. The van der Waals surface area contributed by atoms with Gasteiger partial charge in [0.15, 0.2) is 0 Å². The van der Waals surface area contributed by atoms with Gasteiger partial charge in [-0.3, -0.25) is 9.69 Å². The Morgan fingerprint density at radius 2 is 1.56 bits per heavy atom. The molecule has 0 fully saturated rings. The standard InChI is InChI=1S/C22H27F3N4O3/c1-5-29(6-2)13-19(30)28-20-14(3)7-12-18(15(20)4)27-21(31)26-16-8-10-17(11-9-16)32-22(23,24)25/h7-12H,5-6,13H2,1-4H3,(H,28,30)(H2,26,27,31). The number of nitrogens with zero attached hydrogens (tertiary/aromatic N) is 1. The van der Waals surface area contributed by atoms with Crippen molar-refractivity contribution in [1.29, 1.82) is 0 Å². The molecule has 2 aromatic carbocycles. The molecule has 0 spiro atoms. The molecule has 3 amide bonds. The maximum Gasteiger partial charge on any atom is 0.573 e. The molecule has 0 bridgehead atoms. The summed E-state index contributed by atoms with van der Waals surface area (Å²) in [5.41, 5.74) is 2.93. The Hall–Kier alpha value is -3.27. The number of carbonyl (C=O) groups is 2.